The summed E-state index contributed by atoms with van der Waals surface area (Å²) in [5.74, 6) is -2.77. The molecule has 0 unspecified atom stereocenters. The summed E-state index contributed by atoms with van der Waals surface area (Å²) in [6.07, 6.45) is 0. The molecule has 0 aliphatic heterocycles. The van der Waals surface area contributed by atoms with Gasteiger partial charge in [0.2, 0.25) is 0 Å². The van der Waals surface area contributed by atoms with Crippen LogP contribution in [-0.4, -0.2) is 4.98 Å². The Kier molecular flexibility index (Phi) is 2.64. The van der Waals surface area contributed by atoms with Gasteiger partial charge in [-0.2, -0.15) is 0 Å². The lowest BCUT2D eigenvalue weighted by Crippen LogP contribution is -1.96. The Hall–Kier alpha value is -1.84. The minimum absolute atomic E-state index is 0.166. The fourth-order valence-corrected chi connectivity index (χ4v) is 1.42. The van der Waals surface area contributed by atoms with E-state index in [1.165, 1.54) is 24.3 Å². The van der Waals surface area contributed by atoms with Crippen molar-refractivity contribution in [1.82, 2.24) is 4.98 Å². The van der Waals surface area contributed by atoms with Crippen molar-refractivity contribution in [3.05, 3.63) is 53.5 Å². The molecule has 82 valence electrons. The quantitative estimate of drug-likeness (QED) is 0.721. The first-order valence-corrected chi connectivity index (χ1v) is 4.67. The molecule has 0 saturated heterocycles. The van der Waals surface area contributed by atoms with Crippen molar-refractivity contribution in [3.63, 3.8) is 0 Å². The van der Waals surface area contributed by atoms with Crippen LogP contribution < -0.4 is 0 Å². The van der Waals surface area contributed by atoms with Gasteiger partial charge in [-0.1, -0.05) is 6.07 Å². The lowest BCUT2D eigenvalue weighted by molar-refractivity contribution is 0.509. The Morgan fingerprint density at radius 2 is 1.69 bits per heavy atom. The first-order valence-electron chi connectivity index (χ1n) is 4.67. The normalized spacial score (nSPS) is 10.5. The number of nitrogens with zero attached hydrogens (tertiary/aromatic N) is 1. The van der Waals surface area contributed by atoms with Gasteiger partial charge in [0.25, 0.3) is 0 Å². The Morgan fingerprint density at radius 3 is 2.44 bits per heavy atom. The van der Waals surface area contributed by atoms with Gasteiger partial charge < -0.3 is 0 Å². The smallest absolute Gasteiger partial charge is 0.168 e. The van der Waals surface area contributed by atoms with Gasteiger partial charge >= 0.3 is 0 Å². The molecule has 0 aliphatic rings. The third-order valence-electron chi connectivity index (χ3n) is 2.19. The molecule has 1 aromatic carbocycles. The minimum atomic E-state index is -1.08. The number of aryl methyl sites for hydroxylation is 1. The van der Waals surface area contributed by atoms with Crippen LogP contribution in [0.3, 0.4) is 0 Å². The van der Waals surface area contributed by atoms with E-state index in [0.717, 1.165) is 6.07 Å². The fourth-order valence-electron chi connectivity index (χ4n) is 1.42. The van der Waals surface area contributed by atoms with Crippen LogP contribution in [0.1, 0.15) is 5.69 Å². The van der Waals surface area contributed by atoms with Gasteiger partial charge in [0.15, 0.2) is 11.6 Å². The van der Waals surface area contributed by atoms with E-state index in [9.17, 15) is 13.2 Å². The van der Waals surface area contributed by atoms with Crippen LogP contribution in [0, 0.1) is 24.4 Å². The molecule has 0 atom stereocenters. The standard InChI is InChI=1S/C12H8F3N/c1-7-5-6-10(14)12(16-7)8-3-2-4-9(13)11(8)15/h2-6H,1H3. The van der Waals surface area contributed by atoms with Crippen molar-refractivity contribution in [2.75, 3.05) is 0 Å². The van der Waals surface area contributed by atoms with E-state index < -0.39 is 17.5 Å². The number of halogens is 3. The van der Waals surface area contributed by atoms with Crippen LogP contribution in [0.5, 0.6) is 0 Å². The number of rotatable bonds is 1. The molecule has 16 heavy (non-hydrogen) atoms. The van der Waals surface area contributed by atoms with E-state index in [1.807, 2.05) is 0 Å². The monoisotopic (exact) mass is 223 g/mol. The molecule has 0 fully saturated rings. The molecule has 1 nitrogen and oxygen atoms in total. The van der Waals surface area contributed by atoms with Crippen LogP contribution in [-0.2, 0) is 0 Å². The van der Waals surface area contributed by atoms with E-state index in [2.05, 4.69) is 4.98 Å². The van der Waals surface area contributed by atoms with Crippen LogP contribution in [0.2, 0.25) is 0 Å². The van der Waals surface area contributed by atoms with Gasteiger partial charge in [0.05, 0.1) is 0 Å². The van der Waals surface area contributed by atoms with E-state index in [1.54, 1.807) is 6.92 Å². The zero-order chi connectivity index (χ0) is 11.7. The zero-order valence-electron chi connectivity index (χ0n) is 8.47. The Morgan fingerprint density at radius 1 is 0.938 bits per heavy atom. The highest BCUT2D eigenvalue weighted by Crippen LogP contribution is 2.25. The maximum Gasteiger partial charge on any atom is 0.168 e. The van der Waals surface area contributed by atoms with Crippen LogP contribution in [0.25, 0.3) is 11.3 Å². The number of benzene rings is 1. The molecule has 4 heteroatoms. The molecule has 0 N–H and O–H groups in total. The van der Waals surface area contributed by atoms with Crippen molar-refractivity contribution >= 4 is 0 Å². The Balaban J connectivity index is 2.67. The van der Waals surface area contributed by atoms with E-state index >= 15 is 0 Å². The van der Waals surface area contributed by atoms with Crippen LogP contribution in [0.4, 0.5) is 13.2 Å². The largest absolute Gasteiger partial charge is 0.250 e. The topological polar surface area (TPSA) is 12.9 Å². The summed E-state index contributed by atoms with van der Waals surface area (Å²) in [6.45, 7) is 1.65. The van der Waals surface area contributed by atoms with Gasteiger partial charge in [0, 0.05) is 11.3 Å². The summed E-state index contributed by atoms with van der Waals surface area (Å²) in [4.78, 5) is 3.86. The molecular formula is C12H8F3N. The number of pyridine rings is 1. The van der Waals surface area contributed by atoms with Crippen LogP contribution in [0.15, 0.2) is 30.3 Å². The first kappa shape index (κ1) is 10.7. The molecule has 0 aliphatic carbocycles. The molecule has 0 amide bonds. The molecule has 1 aromatic heterocycles. The lowest BCUT2D eigenvalue weighted by atomic mass is 10.1. The summed E-state index contributed by atoms with van der Waals surface area (Å²) in [7, 11) is 0. The number of hydrogen-bond acceptors (Lipinski definition) is 1. The van der Waals surface area contributed by atoms with Gasteiger partial charge in [0.1, 0.15) is 11.5 Å². The summed E-state index contributed by atoms with van der Waals surface area (Å²) in [5.41, 5.74) is 0.207. The highest BCUT2D eigenvalue weighted by molar-refractivity contribution is 5.60. The average molecular weight is 223 g/mol. The van der Waals surface area contributed by atoms with Crippen LogP contribution >= 0.6 is 0 Å². The minimum Gasteiger partial charge on any atom is -0.250 e. The number of aromatic nitrogens is 1. The van der Waals surface area contributed by atoms with Gasteiger partial charge in [-0.25, -0.2) is 18.2 Å². The molecule has 0 saturated carbocycles. The maximum atomic E-state index is 13.4. The van der Waals surface area contributed by atoms with E-state index in [-0.39, 0.29) is 11.3 Å². The second-order valence-corrected chi connectivity index (χ2v) is 3.38. The SMILES string of the molecule is Cc1ccc(F)c(-c2cccc(F)c2F)n1. The molecule has 1 heterocycles. The van der Waals surface area contributed by atoms with Crippen molar-refractivity contribution < 1.29 is 13.2 Å². The average Bonchev–Trinajstić information content (AvgIpc) is 2.26. The Bertz CT molecular complexity index is 538. The molecule has 2 aromatic rings. The molecule has 0 bridgehead atoms. The van der Waals surface area contributed by atoms with Crippen molar-refractivity contribution in [1.29, 1.82) is 0 Å². The van der Waals surface area contributed by atoms with Crippen molar-refractivity contribution in [2.24, 2.45) is 0 Å². The first-order chi connectivity index (χ1) is 7.59. The number of hydrogen-bond donors (Lipinski definition) is 0. The lowest BCUT2D eigenvalue weighted by Gasteiger charge is -2.05. The molecule has 0 spiro atoms. The summed E-state index contributed by atoms with van der Waals surface area (Å²) in [6, 6.07) is 6.24. The molecular weight excluding hydrogens is 215 g/mol. The van der Waals surface area contributed by atoms with Gasteiger partial charge in [-0.15, -0.1) is 0 Å². The highest BCUT2D eigenvalue weighted by atomic mass is 19.2. The predicted molar refractivity (Wildman–Crippen MR) is 54.3 cm³/mol. The fraction of sp³-hybridized carbons (Fsp3) is 0.0833. The third-order valence-corrected chi connectivity index (χ3v) is 2.19. The second-order valence-electron chi connectivity index (χ2n) is 3.38. The third kappa shape index (κ3) is 1.78. The van der Waals surface area contributed by atoms with Gasteiger partial charge in [-0.05, 0) is 31.2 Å². The van der Waals surface area contributed by atoms with E-state index in [4.69, 9.17) is 0 Å². The van der Waals surface area contributed by atoms with Gasteiger partial charge in [-0.3, -0.25) is 0 Å². The Labute approximate surface area is 90.6 Å². The maximum absolute atomic E-state index is 13.4. The molecule has 2 rings (SSSR count). The summed E-state index contributed by atoms with van der Waals surface area (Å²) in [5, 5.41) is 0. The summed E-state index contributed by atoms with van der Waals surface area (Å²) < 4.78 is 39.8. The zero-order valence-corrected chi connectivity index (χ0v) is 8.47. The summed E-state index contributed by atoms with van der Waals surface area (Å²) >= 11 is 0. The second kappa shape index (κ2) is 3.96. The van der Waals surface area contributed by atoms with Crippen molar-refractivity contribution in [3.8, 4) is 11.3 Å². The van der Waals surface area contributed by atoms with E-state index in [0.29, 0.717) is 5.69 Å². The highest BCUT2D eigenvalue weighted by Gasteiger charge is 2.14. The molecule has 0 radical (unpaired) electrons. The predicted octanol–water partition coefficient (Wildman–Crippen LogP) is 3.47. The van der Waals surface area contributed by atoms with Crippen molar-refractivity contribution in [2.45, 2.75) is 6.92 Å².